The molecule has 1 unspecified atom stereocenters. The normalized spacial score (nSPS) is 13.4. The van der Waals surface area contributed by atoms with Crippen molar-refractivity contribution in [3.63, 3.8) is 0 Å². The molecular weight excluding hydrogens is 299 g/mol. The fourth-order valence-electron chi connectivity index (χ4n) is 2.14. The first-order valence-corrected chi connectivity index (χ1v) is 7.40. The van der Waals surface area contributed by atoms with Gasteiger partial charge in [-0.15, -0.1) is 5.10 Å². The van der Waals surface area contributed by atoms with E-state index in [4.69, 9.17) is 0 Å². The Morgan fingerprint density at radius 3 is 2.57 bits per heavy atom. The first kappa shape index (κ1) is 15.9. The SMILES string of the molecule is CCCNC(c1ccccc1C(F)(F)F)c1snnc1C. The predicted molar refractivity (Wildman–Crippen MR) is 76.2 cm³/mol. The van der Waals surface area contributed by atoms with Gasteiger partial charge in [-0.25, -0.2) is 0 Å². The van der Waals surface area contributed by atoms with Crippen molar-refractivity contribution in [1.29, 1.82) is 0 Å². The molecule has 2 rings (SSSR count). The van der Waals surface area contributed by atoms with Crippen LogP contribution in [0.4, 0.5) is 13.2 Å². The summed E-state index contributed by atoms with van der Waals surface area (Å²) in [6, 6.07) is 5.10. The first-order chi connectivity index (χ1) is 9.95. The Labute approximate surface area is 125 Å². The zero-order chi connectivity index (χ0) is 15.5. The molecule has 0 fully saturated rings. The van der Waals surface area contributed by atoms with E-state index in [1.165, 1.54) is 12.1 Å². The fraction of sp³-hybridized carbons (Fsp3) is 0.429. The van der Waals surface area contributed by atoms with E-state index in [0.717, 1.165) is 28.9 Å². The molecule has 0 radical (unpaired) electrons. The van der Waals surface area contributed by atoms with Crippen LogP contribution in [-0.4, -0.2) is 16.1 Å². The zero-order valence-corrected chi connectivity index (χ0v) is 12.6. The van der Waals surface area contributed by atoms with Crippen LogP contribution in [0.3, 0.4) is 0 Å². The Balaban J connectivity index is 2.50. The molecule has 1 heterocycles. The highest BCUT2D eigenvalue weighted by atomic mass is 32.1. The third kappa shape index (κ3) is 3.59. The molecule has 1 atom stereocenters. The van der Waals surface area contributed by atoms with Crippen LogP contribution in [0.1, 0.15) is 41.1 Å². The van der Waals surface area contributed by atoms with Crippen molar-refractivity contribution in [1.82, 2.24) is 14.9 Å². The number of nitrogens with zero attached hydrogens (tertiary/aromatic N) is 2. The summed E-state index contributed by atoms with van der Waals surface area (Å²) >= 11 is 1.13. The molecule has 7 heteroatoms. The number of benzene rings is 1. The molecule has 0 saturated heterocycles. The van der Waals surface area contributed by atoms with E-state index in [2.05, 4.69) is 14.9 Å². The third-order valence-electron chi connectivity index (χ3n) is 3.12. The second kappa shape index (κ2) is 6.53. The minimum Gasteiger partial charge on any atom is -0.305 e. The van der Waals surface area contributed by atoms with Gasteiger partial charge in [-0.3, -0.25) is 0 Å². The molecule has 0 aliphatic heterocycles. The van der Waals surface area contributed by atoms with Crippen molar-refractivity contribution in [2.75, 3.05) is 6.54 Å². The molecule has 0 saturated carbocycles. The van der Waals surface area contributed by atoms with Crippen LogP contribution in [0.2, 0.25) is 0 Å². The number of aromatic nitrogens is 2. The molecule has 0 spiro atoms. The van der Waals surface area contributed by atoms with Gasteiger partial charge in [0.05, 0.1) is 22.2 Å². The number of rotatable bonds is 5. The van der Waals surface area contributed by atoms with Crippen LogP contribution in [0.5, 0.6) is 0 Å². The summed E-state index contributed by atoms with van der Waals surface area (Å²) in [5.74, 6) is 0. The molecule has 3 nitrogen and oxygen atoms in total. The van der Waals surface area contributed by atoms with Gasteiger partial charge >= 0.3 is 6.18 Å². The zero-order valence-electron chi connectivity index (χ0n) is 11.7. The monoisotopic (exact) mass is 315 g/mol. The summed E-state index contributed by atoms with van der Waals surface area (Å²) < 4.78 is 43.5. The molecule has 1 aromatic heterocycles. The van der Waals surface area contributed by atoms with Crippen molar-refractivity contribution in [3.8, 4) is 0 Å². The number of nitrogens with one attached hydrogen (secondary N) is 1. The van der Waals surface area contributed by atoms with Crippen molar-refractivity contribution < 1.29 is 13.2 Å². The molecule has 0 bridgehead atoms. The van der Waals surface area contributed by atoms with Gasteiger partial charge in [0.2, 0.25) is 0 Å². The van der Waals surface area contributed by atoms with E-state index in [0.29, 0.717) is 12.2 Å². The molecule has 0 aliphatic rings. The summed E-state index contributed by atoms with van der Waals surface area (Å²) in [5, 5.41) is 7.08. The van der Waals surface area contributed by atoms with Crippen molar-refractivity contribution in [3.05, 3.63) is 46.0 Å². The van der Waals surface area contributed by atoms with E-state index < -0.39 is 17.8 Å². The highest BCUT2D eigenvalue weighted by Gasteiger charge is 2.36. The first-order valence-electron chi connectivity index (χ1n) is 6.63. The molecule has 0 aliphatic carbocycles. The average Bonchev–Trinajstić information content (AvgIpc) is 2.85. The Morgan fingerprint density at radius 2 is 2.00 bits per heavy atom. The average molecular weight is 315 g/mol. The van der Waals surface area contributed by atoms with Crippen LogP contribution in [0.25, 0.3) is 0 Å². The summed E-state index contributed by atoms with van der Waals surface area (Å²) in [7, 11) is 0. The maximum Gasteiger partial charge on any atom is 0.416 e. The van der Waals surface area contributed by atoms with Gasteiger partial charge in [-0.2, -0.15) is 13.2 Å². The fourth-order valence-corrected chi connectivity index (χ4v) is 2.88. The van der Waals surface area contributed by atoms with Gasteiger partial charge in [0.25, 0.3) is 0 Å². The van der Waals surface area contributed by atoms with Crippen LogP contribution >= 0.6 is 11.5 Å². The lowest BCUT2D eigenvalue weighted by Crippen LogP contribution is -2.25. The van der Waals surface area contributed by atoms with Crippen LogP contribution in [0, 0.1) is 6.92 Å². The highest BCUT2D eigenvalue weighted by Crippen LogP contribution is 2.37. The van der Waals surface area contributed by atoms with Crippen LogP contribution in [0.15, 0.2) is 24.3 Å². The topological polar surface area (TPSA) is 37.8 Å². The largest absolute Gasteiger partial charge is 0.416 e. The number of hydrogen-bond donors (Lipinski definition) is 1. The van der Waals surface area contributed by atoms with Crippen molar-refractivity contribution >= 4 is 11.5 Å². The minimum absolute atomic E-state index is 0.215. The lowest BCUT2D eigenvalue weighted by molar-refractivity contribution is -0.138. The molecule has 0 amide bonds. The van der Waals surface area contributed by atoms with E-state index in [1.807, 2.05) is 6.92 Å². The van der Waals surface area contributed by atoms with E-state index in [-0.39, 0.29) is 5.56 Å². The molecule has 2 aromatic rings. The Morgan fingerprint density at radius 1 is 1.29 bits per heavy atom. The highest BCUT2D eigenvalue weighted by molar-refractivity contribution is 7.05. The third-order valence-corrected chi connectivity index (χ3v) is 4.02. The predicted octanol–water partition coefficient (Wildman–Crippen LogP) is 3.95. The number of halogens is 3. The van der Waals surface area contributed by atoms with Crippen LogP contribution in [-0.2, 0) is 6.18 Å². The van der Waals surface area contributed by atoms with E-state index >= 15 is 0 Å². The van der Waals surface area contributed by atoms with Gasteiger partial charge in [-0.05, 0) is 43.1 Å². The van der Waals surface area contributed by atoms with Crippen molar-refractivity contribution in [2.45, 2.75) is 32.5 Å². The summed E-state index contributed by atoms with van der Waals surface area (Å²) in [5.41, 5.74) is 0.254. The molecule has 21 heavy (non-hydrogen) atoms. The van der Waals surface area contributed by atoms with Gasteiger partial charge < -0.3 is 5.32 Å². The standard InChI is InChI=1S/C14H16F3N3S/c1-3-8-18-12(13-9(2)19-20-21-13)10-6-4-5-7-11(10)14(15,16)17/h4-7,12,18H,3,8H2,1-2H3. The van der Waals surface area contributed by atoms with Gasteiger partial charge in [0.1, 0.15) is 0 Å². The summed E-state index contributed by atoms with van der Waals surface area (Å²) in [6.45, 7) is 4.35. The molecule has 114 valence electrons. The molecule has 1 aromatic carbocycles. The minimum atomic E-state index is -4.38. The quantitative estimate of drug-likeness (QED) is 0.907. The molecular formula is C14H16F3N3S. The number of aryl methyl sites for hydroxylation is 1. The summed E-state index contributed by atoms with van der Waals surface area (Å²) in [4.78, 5) is 0.722. The lowest BCUT2D eigenvalue weighted by atomic mass is 9.98. The molecule has 1 N–H and O–H groups in total. The summed E-state index contributed by atoms with van der Waals surface area (Å²) in [6.07, 6.45) is -3.55. The van der Waals surface area contributed by atoms with Gasteiger partial charge in [-0.1, -0.05) is 29.6 Å². The van der Waals surface area contributed by atoms with E-state index in [1.54, 1.807) is 13.0 Å². The van der Waals surface area contributed by atoms with Gasteiger partial charge in [0, 0.05) is 0 Å². The van der Waals surface area contributed by atoms with Crippen LogP contribution < -0.4 is 5.32 Å². The Kier molecular flexibility index (Phi) is 4.95. The maximum atomic E-state index is 13.2. The second-order valence-corrected chi connectivity index (χ2v) is 5.48. The number of alkyl halides is 3. The van der Waals surface area contributed by atoms with Gasteiger partial charge in [0.15, 0.2) is 0 Å². The van der Waals surface area contributed by atoms with E-state index in [9.17, 15) is 13.2 Å². The van der Waals surface area contributed by atoms with Crippen molar-refractivity contribution in [2.24, 2.45) is 0 Å². The Hall–Kier alpha value is -1.47. The maximum absolute atomic E-state index is 13.2. The Bertz CT molecular complexity index is 595. The second-order valence-electron chi connectivity index (χ2n) is 4.69. The lowest BCUT2D eigenvalue weighted by Gasteiger charge is -2.22. The smallest absolute Gasteiger partial charge is 0.305 e. The number of hydrogen-bond acceptors (Lipinski definition) is 4.